The van der Waals surface area contributed by atoms with E-state index in [2.05, 4.69) is 33.8 Å². The van der Waals surface area contributed by atoms with Crippen LogP contribution in [0.15, 0.2) is 60.7 Å². The van der Waals surface area contributed by atoms with Crippen molar-refractivity contribution in [3.05, 3.63) is 77.5 Å². The summed E-state index contributed by atoms with van der Waals surface area (Å²) in [5.41, 5.74) is 3.85. The number of nitrogens with one attached hydrogen (secondary N) is 1. The molecule has 5 nitrogen and oxygen atoms in total. The second kappa shape index (κ2) is 13.2. The first-order chi connectivity index (χ1) is 17.8. The summed E-state index contributed by atoms with van der Waals surface area (Å²) in [6, 6.07) is 17.7. The molecule has 1 saturated heterocycles. The third-order valence-corrected chi connectivity index (χ3v) is 6.98. The highest BCUT2D eigenvalue weighted by Crippen LogP contribution is 2.32. The molecule has 1 N–H and O–H groups in total. The number of carbonyl (C=O) groups excluding carboxylic acids is 1. The number of piperazine rings is 1. The molecule has 0 aliphatic carbocycles. The summed E-state index contributed by atoms with van der Waals surface area (Å²) in [7, 11) is 0. The van der Waals surface area contributed by atoms with Crippen LogP contribution in [-0.4, -0.2) is 54.6 Å². The summed E-state index contributed by atoms with van der Waals surface area (Å²) < 4.78 is 41.3. The molecule has 0 saturated carbocycles. The van der Waals surface area contributed by atoms with E-state index in [0.29, 0.717) is 30.9 Å². The van der Waals surface area contributed by atoms with Crippen LogP contribution in [0.3, 0.4) is 0 Å². The predicted molar refractivity (Wildman–Crippen MR) is 149 cm³/mol. The van der Waals surface area contributed by atoms with Gasteiger partial charge in [-0.2, -0.15) is 13.2 Å². The summed E-state index contributed by atoms with van der Waals surface area (Å²) in [5.74, 6) is -0.0566. The van der Waals surface area contributed by atoms with E-state index in [9.17, 15) is 18.0 Å². The third kappa shape index (κ3) is 7.11. The Morgan fingerprint density at radius 3 is 2.32 bits per heavy atom. The van der Waals surface area contributed by atoms with Crippen molar-refractivity contribution in [3.8, 4) is 11.3 Å². The number of benzene rings is 2. The lowest BCUT2D eigenvalue weighted by Gasteiger charge is -2.36. The predicted octanol–water partition coefficient (Wildman–Crippen LogP) is 6.26. The first-order valence-corrected chi connectivity index (χ1v) is 13.0. The first kappa shape index (κ1) is 29.6. The molecule has 1 aliphatic rings. The van der Waals surface area contributed by atoms with Crippen LogP contribution in [0.2, 0.25) is 0 Å². The van der Waals surface area contributed by atoms with Gasteiger partial charge in [-0.05, 0) is 56.1 Å². The molecule has 1 fully saturated rings. The fourth-order valence-electron chi connectivity index (χ4n) is 4.94. The first-order valence-electron chi connectivity index (χ1n) is 13.0. The van der Waals surface area contributed by atoms with Gasteiger partial charge < -0.3 is 14.8 Å². The average Bonchev–Trinajstić information content (AvgIpc) is 3.23. The highest BCUT2D eigenvalue weighted by atomic mass is 35.5. The Morgan fingerprint density at radius 1 is 0.947 bits per heavy atom. The van der Waals surface area contributed by atoms with Gasteiger partial charge in [0.1, 0.15) is 0 Å². The lowest BCUT2D eigenvalue weighted by atomic mass is 10.1. The summed E-state index contributed by atoms with van der Waals surface area (Å²) in [5, 5.41) is 3.07. The Kier molecular flexibility index (Phi) is 10.3. The van der Waals surface area contributed by atoms with E-state index in [4.69, 9.17) is 0 Å². The molecule has 1 amide bonds. The zero-order valence-corrected chi connectivity index (χ0v) is 22.7. The summed E-state index contributed by atoms with van der Waals surface area (Å²) >= 11 is 0. The highest BCUT2D eigenvalue weighted by Gasteiger charge is 2.31. The highest BCUT2D eigenvalue weighted by molar-refractivity contribution is 5.97. The van der Waals surface area contributed by atoms with Gasteiger partial charge >= 0.3 is 6.18 Å². The molecule has 3 aromatic rings. The average molecular weight is 549 g/mol. The molecular weight excluding hydrogens is 513 g/mol. The maximum absolute atomic E-state index is 13.0. The van der Waals surface area contributed by atoms with Crippen molar-refractivity contribution in [1.29, 1.82) is 0 Å². The van der Waals surface area contributed by atoms with Gasteiger partial charge in [-0.25, -0.2) is 0 Å². The second-order valence-corrected chi connectivity index (χ2v) is 9.53. The van der Waals surface area contributed by atoms with E-state index in [1.165, 1.54) is 12.1 Å². The molecule has 9 heteroatoms. The van der Waals surface area contributed by atoms with Crippen molar-refractivity contribution in [2.75, 3.05) is 44.2 Å². The van der Waals surface area contributed by atoms with E-state index in [1.807, 2.05) is 36.1 Å². The van der Waals surface area contributed by atoms with Crippen molar-refractivity contribution in [1.82, 2.24) is 14.8 Å². The minimum atomic E-state index is -4.33. The van der Waals surface area contributed by atoms with Gasteiger partial charge in [-0.3, -0.25) is 9.69 Å². The molecule has 1 aromatic heterocycles. The van der Waals surface area contributed by atoms with Crippen molar-refractivity contribution < 1.29 is 18.0 Å². The number of halogens is 4. The quantitative estimate of drug-likeness (QED) is 0.321. The Labute approximate surface area is 229 Å². The van der Waals surface area contributed by atoms with Crippen LogP contribution in [0.1, 0.15) is 41.4 Å². The van der Waals surface area contributed by atoms with E-state index < -0.39 is 11.7 Å². The van der Waals surface area contributed by atoms with Crippen LogP contribution in [0, 0.1) is 6.92 Å². The van der Waals surface area contributed by atoms with Crippen molar-refractivity contribution in [3.63, 3.8) is 0 Å². The number of rotatable bonds is 9. The molecule has 0 spiro atoms. The molecule has 2 heterocycles. The summed E-state index contributed by atoms with van der Waals surface area (Å²) in [6.07, 6.45) is -2.53. The summed E-state index contributed by atoms with van der Waals surface area (Å²) in [6.45, 7) is 9.32. The standard InChI is InChI=1S/C29H35F3N4O.ClH/c1-3-14-36-22(2)26(21-27(36)23-9-5-4-6-10-23)28(37)33-13-8-15-34-16-18-35(19-17-34)25-12-7-11-24(20-25)29(30,31)32;/h4-7,9-12,20-21H,3,8,13-19H2,1-2H3,(H,33,37);1H. The molecule has 206 valence electrons. The van der Waals surface area contributed by atoms with Gasteiger partial charge in [-0.15, -0.1) is 12.4 Å². The Balaban J connectivity index is 0.00000400. The largest absolute Gasteiger partial charge is 0.416 e. The second-order valence-electron chi connectivity index (χ2n) is 9.53. The maximum Gasteiger partial charge on any atom is 0.416 e. The molecular formula is C29H36ClF3N4O. The van der Waals surface area contributed by atoms with Gasteiger partial charge in [0.05, 0.1) is 11.1 Å². The zero-order valence-electron chi connectivity index (χ0n) is 21.9. The number of nitrogens with zero attached hydrogens (tertiary/aromatic N) is 3. The molecule has 0 unspecified atom stereocenters. The number of hydrogen-bond donors (Lipinski definition) is 1. The van der Waals surface area contributed by atoms with Crippen molar-refractivity contribution in [2.45, 2.75) is 39.4 Å². The minimum absolute atomic E-state index is 0. The molecule has 38 heavy (non-hydrogen) atoms. The van der Waals surface area contributed by atoms with Gasteiger partial charge in [-0.1, -0.05) is 43.3 Å². The number of amides is 1. The normalized spacial score (nSPS) is 14.3. The minimum Gasteiger partial charge on any atom is -0.369 e. The van der Waals surface area contributed by atoms with Gasteiger partial charge in [0.2, 0.25) is 0 Å². The number of anilines is 1. The van der Waals surface area contributed by atoms with Crippen LogP contribution >= 0.6 is 12.4 Å². The fraction of sp³-hybridized carbons (Fsp3) is 0.414. The van der Waals surface area contributed by atoms with Crippen LogP contribution in [0.5, 0.6) is 0 Å². The Bertz CT molecular complexity index is 1190. The third-order valence-electron chi connectivity index (χ3n) is 6.98. The zero-order chi connectivity index (χ0) is 26.4. The molecule has 4 rings (SSSR count). The van der Waals surface area contributed by atoms with E-state index in [1.54, 1.807) is 6.07 Å². The van der Waals surface area contributed by atoms with Crippen LogP contribution in [0.4, 0.5) is 18.9 Å². The number of alkyl halides is 3. The van der Waals surface area contributed by atoms with Gasteiger partial charge in [0.25, 0.3) is 5.91 Å². The Hall–Kier alpha value is -2.97. The van der Waals surface area contributed by atoms with Crippen molar-refractivity contribution in [2.24, 2.45) is 0 Å². The topological polar surface area (TPSA) is 40.5 Å². The molecule has 0 atom stereocenters. The smallest absolute Gasteiger partial charge is 0.369 e. The molecule has 0 bridgehead atoms. The number of carbonyl (C=O) groups is 1. The van der Waals surface area contributed by atoms with E-state index in [-0.39, 0.29) is 18.3 Å². The number of hydrogen-bond acceptors (Lipinski definition) is 3. The lowest BCUT2D eigenvalue weighted by Crippen LogP contribution is -2.47. The molecule has 0 radical (unpaired) electrons. The van der Waals surface area contributed by atoms with Crippen LogP contribution in [-0.2, 0) is 12.7 Å². The number of aromatic nitrogens is 1. The van der Waals surface area contributed by atoms with Gasteiger partial charge in [0.15, 0.2) is 0 Å². The SMILES string of the molecule is CCCn1c(-c2ccccc2)cc(C(=O)NCCCN2CCN(c3cccc(C(F)(F)F)c3)CC2)c1C.Cl. The Morgan fingerprint density at radius 2 is 1.66 bits per heavy atom. The molecule has 1 aliphatic heterocycles. The van der Waals surface area contributed by atoms with Gasteiger partial charge in [0, 0.05) is 56.3 Å². The van der Waals surface area contributed by atoms with E-state index >= 15 is 0 Å². The fourth-order valence-corrected chi connectivity index (χ4v) is 4.94. The van der Waals surface area contributed by atoms with E-state index in [0.717, 1.165) is 62.0 Å². The van der Waals surface area contributed by atoms with Crippen molar-refractivity contribution >= 4 is 24.0 Å². The van der Waals surface area contributed by atoms with Crippen LogP contribution in [0.25, 0.3) is 11.3 Å². The summed E-state index contributed by atoms with van der Waals surface area (Å²) in [4.78, 5) is 17.3. The monoisotopic (exact) mass is 548 g/mol. The lowest BCUT2D eigenvalue weighted by molar-refractivity contribution is -0.137. The van der Waals surface area contributed by atoms with Crippen LogP contribution < -0.4 is 10.2 Å². The molecule has 2 aromatic carbocycles. The maximum atomic E-state index is 13.0.